The van der Waals surface area contributed by atoms with Crippen LogP contribution in [-0.2, 0) is 19.5 Å². The Morgan fingerprint density at radius 2 is 2.28 bits per heavy atom. The zero-order valence-corrected chi connectivity index (χ0v) is 15.0. The second-order valence-electron chi connectivity index (χ2n) is 6.34. The summed E-state index contributed by atoms with van der Waals surface area (Å²) in [5.74, 6) is -0.608. The Morgan fingerprint density at radius 1 is 1.44 bits per heavy atom. The minimum absolute atomic E-state index is 0.237. The molecule has 0 fully saturated rings. The van der Waals surface area contributed by atoms with Crippen LogP contribution in [0.3, 0.4) is 0 Å². The number of rotatable bonds is 3. The predicted molar refractivity (Wildman–Crippen MR) is 95.5 cm³/mol. The smallest absolute Gasteiger partial charge is 0.251 e. The Morgan fingerprint density at radius 3 is 3.12 bits per heavy atom. The molecule has 25 heavy (non-hydrogen) atoms. The summed E-state index contributed by atoms with van der Waals surface area (Å²) < 4.78 is 15.9. The maximum atomic E-state index is 13.9. The molecule has 0 aliphatic carbocycles. The summed E-state index contributed by atoms with van der Waals surface area (Å²) >= 11 is 1.62. The van der Waals surface area contributed by atoms with Crippen molar-refractivity contribution in [1.29, 1.82) is 0 Å². The van der Waals surface area contributed by atoms with Crippen LogP contribution in [0.15, 0.2) is 18.3 Å². The number of hydrogen-bond acceptors (Lipinski definition) is 4. The third kappa shape index (κ3) is 2.94. The van der Waals surface area contributed by atoms with E-state index < -0.39 is 0 Å². The topological polar surface area (TPSA) is 58.4 Å². The maximum Gasteiger partial charge on any atom is 0.251 e. The highest BCUT2D eigenvalue weighted by Crippen LogP contribution is 2.22. The molecule has 3 aromatic rings. The zero-order chi connectivity index (χ0) is 17.6. The Labute approximate surface area is 148 Å². The van der Waals surface area contributed by atoms with E-state index in [1.807, 2.05) is 24.4 Å². The minimum Gasteiger partial charge on any atom is -0.346 e. The van der Waals surface area contributed by atoms with E-state index in [1.165, 1.54) is 17.0 Å². The van der Waals surface area contributed by atoms with E-state index in [-0.39, 0.29) is 11.7 Å². The summed E-state index contributed by atoms with van der Waals surface area (Å²) in [4.78, 5) is 19.3. The fourth-order valence-corrected chi connectivity index (χ4v) is 4.26. The van der Waals surface area contributed by atoms with Gasteiger partial charge in [0.05, 0.1) is 17.9 Å². The third-order valence-corrected chi connectivity index (χ3v) is 5.47. The van der Waals surface area contributed by atoms with E-state index >= 15 is 0 Å². The van der Waals surface area contributed by atoms with Crippen molar-refractivity contribution in [1.82, 2.24) is 20.0 Å². The molecule has 0 bridgehead atoms. The van der Waals surface area contributed by atoms with Crippen molar-refractivity contribution in [2.24, 2.45) is 0 Å². The number of carbonyl (C=O) groups is 1. The van der Waals surface area contributed by atoms with Crippen LogP contribution in [0.4, 0.5) is 4.39 Å². The van der Waals surface area contributed by atoms with Crippen LogP contribution in [0.1, 0.15) is 37.7 Å². The van der Waals surface area contributed by atoms with Gasteiger partial charge in [-0.25, -0.2) is 9.37 Å². The van der Waals surface area contributed by atoms with Gasteiger partial charge in [-0.2, -0.15) is 0 Å². The summed E-state index contributed by atoms with van der Waals surface area (Å²) in [6.45, 7) is 5.74. The van der Waals surface area contributed by atoms with Crippen molar-refractivity contribution in [3.63, 3.8) is 0 Å². The molecule has 3 heterocycles. The van der Waals surface area contributed by atoms with Crippen molar-refractivity contribution in [2.75, 3.05) is 6.54 Å². The normalized spacial score (nSPS) is 13.9. The third-order valence-electron chi connectivity index (χ3n) is 4.58. The molecule has 7 heteroatoms. The van der Waals surface area contributed by atoms with Crippen molar-refractivity contribution < 1.29 is 9.18 Å². The number of nitrogens with zero attached hydrogens (tertiary/aromatic N) is 2. The van der Waals surface area contributed by atoms with Crippen LogP contribution < -0.4 is 10.6 Å². The van der Waals surface area contributed by atoms with E-state index in [0.717, 1.165) is 40.4 Å². The number of amides is 1. The lowest BCUT2D eigenvalue weighted by Gasteiger charge is -2.20. The van der Waals surface area contributed by atoms with Gasteiger partial charge >= 0.3 is 0 Å². The Balaban J connectivity index is 1.60. The average Bonchev–Trinajstić information content (AvgIpc) is 3.06. The number of fused-ring (bicyclic) bond motifs is 2. The van der Waals surface area contributed by atoms with Gasteiger partial charge in [0.25, 0.3) is 5.91 Å². The van der Waals surface area contributed by atoms with Gasteiger partial charge in [-0.15, -0.1) is 11.3 Å². The highest BCUT2D eigenvalue weighted by atomic mass is 32.1. The second kappa shape index (κ2) is 6.24. The highest BCUT2D eigenvalue weighted by molar-refractivity contribution is 7.17. The van der Waals surface area contributed by atoms with Crippen molar-refractivity contribution >= 4 is 22.2 Å². The quantitative estimate of drug-likeness (QED) is 0.757. The van der Waals surface area contributed by atoms with Crippen LogP contribution in [0.25, 0.3) is 4.96 Å². The molecule has 1 aliphatic heterocycles. The number of carbonyl (C=O) groups excluding carboxylic acids is 1. The first kappa shape index (κ1) is 16.2. The molecule has 0 spiro atoms. The largest absolute Gasteiger partial charge is 0.346 e. The number of thiazole rings is 1. The first-order chi connectivity index (χ1) is 12.0. The molecule has 4 rings (SSSR count). The average molecular weight is 358 g/mol. The lowest BCUT2D eigenvalue weighted by atomic mass is 9.94. The number of imidazole rings is 1. The molecule has 0 saturated heterocycles. The summed E-state index contributed by atoms with van der Waals surface area (Å²) in [6, 6.07) is 2.85. The summed E-state index contributed by atoms with van der Waals surface area (Å²) in [6.07, 6.45) is 2.76. The van der Waals surface area contributed by atoms with Crippen LogP contribution in [-0.4, -0.2) is 21.8 Å². The molecule has 1 aromatic carbocycles. The number of aromatic nitrogens is 2. The molecular weight excluding hydrogens is 339 g/mol. The van der Waals surface area contributed by atoms with E-state index in [9.17, 15) is 9.18 Å². The first-order valence-corrected chi connectivity index (χ1v) is 9.09. The van der Waals surface area contributed by atoms with Crippen LogP contribution in [0, 0.1) is 19.7 Å². The number of hydrogen-bond donors (Lipinski definition) is 2. The molecule has 2 aromatic heterocycles. The van der Waals surface area contributed by atoms with Gasteiger partial charge in [0.15, 0.2) is 4.96 Å². The predicted octanol–water partition coefficient (Wildman–Crippen LogP) is 2.73. The summed E-state index contributed by atoms with van der Waals surface area (Å²) in [7, 11) is 0. The van der Waals surface area contributed by atoms with E-state index in [4.69, 9.17) is 0 Å². The number of aryl methyl sites for hydroxylation is 2. The van der Waals surface area contributed by atoms with Gasteiger partial charge in [-0.05, 0) is 50.1 Å². The molecule has 2 N–H and O–H groups in total. The van der Waals surface area contributed by atoms with E-state index in [0.29, 0.717) is 18.7 Å². The van der Waals surface area contributed by atoms with Gasteiger partial charge in [0.1, 0.15) is 5.82 Å². The Hall–Kier alpha value is -2.25. The first-order valence-electron chi connectivity index (χ1n) is 8.27. The molecule has 0 saturated carbocycles. The van der Waals surface area contributed by atoms with Crippen LogP contribution >= 0.6 is 11.3 Å². The van der Waals surface area contributed by atoms with Gasteiger partial charge < -0.3 is 10.6 Å². The Kier molecular flexibility index (Phi) is 4.05. The molecule has 1 aliphatic rings. The zero-order valence-electron chi connectivity index (χ0n) is 14.1. The molecule has 1 amide bonds. The molecule has 130 valence electrons. The second-order valence-corrected chi connectivity index (χ2v) is 7.55. The lowest BCUT2D eigenvalue weighted by Crippen LogP contribution is -2.30. The van der Waals surface area contributed by atoms with Gasteiger partial charge in [0, 0.05) is 23.2 Å². The molecule has 5 nitrogen and oxygen atoms in total. The lowest BCUT2D eigenvalue weighted by molar-refractivity contribution is 0.0948. The minimum atomic E-state index is -0.371. The van der Waals surface area contributed by atoms with Crippen molar-refractivity contribution in [3.8, 4) is 0 Å². The molecule has 0 radical (unpaired) electrons. The monoisotopic (exact) mass is 358 g/mol. The number of benzene rings is 1. The fraction of sp³-hybridized carbons (Fsp3) is 0.333. The van der Waals surface area contributed by atoms with E-state index in [1.54, 1.807) is 11.3 Å². The van der Waals surface area contributed by atoms with Crippen molar-refractivity contribution in [3.05, 3.63) is 57.1 Å². The molecule has 0 atom stereocenters. The van der Waals surface area contributed by atoms with E-state index in [2.05, 4.69) is 15.6 Å². The SMILES string of the molecule is Cc1cn2c(CNC(=O)c3cc(F)cc4c3CCNC4)c(C)nc2s1. The number of halogens is 1. The molecular formula is C18H19FN4OS. The van der Waals surface area contributed by atoms with Crippen LogP contribution in [0.5, 0.6) is 0 Å². The van der Waals surface area contributed by atoms with Crippen LogP contribution in [0.2, 0.25) is 0 Å². The fourth-order valence-electron chi connectivity index (χ4n) is 3.37. The summed E-state index contributed by atoms with van der Waals surface area (Å²) in [5.41, 5.74) is 4.11. The van der Waals surface area contributed by atoms with Crippen molar-refractivity contribution in [2.45, 2.75) is 33.4 Å². The van der Waals surface area contributed by atoms with Gasteiger partial charge in [0.2, 0.25) is 0 Å². The highest BCUT2D eigenvalue weighted by Gasteiger charge is 2.20. The van der Waals surface area contributed by atoms with Gasteiger partial charge in [-0.1, -0.05) is 0 Å². The standard InChI is InChI=1S/C18H19FN4OS/c1-10-9-23-16(11(2)22-18(23)25-10)8-21-17(24)15-6-13(19)5-12-7-20-4-3-14(12)15/h5-6,9,20H,3-4,7-8H2,1-2H3,(H,21,24). The maximum absolute atomic E-state index is 13.9. The molecule has 0 unspecified atom stereocenters. The Bertz CT molecular complexity index is 975. The summed E-state index contributed by atoms with van der Waals surface area (Å²) in [5, 5.41) is 6.15. The van der Waals surface area contributed by atoms with Gasteiger partial charge in [-0.3, -0.25) is 9.20 Å². The number of nitrogens with one attached hydrogen (secondary N) is 2.